The number of anilines is 2. The molecule has 8 nitrogen and oxygen atoms in total. The SMILES string of the molecule is CC(C)n1cnc2c(NCc3cccc(Cl)c3O)nc(NC3CCC(N)CC3)nc21. The quantitative estimate of drug-likeness (QED) is 0.467. The van der Waals surface area contributed by atoms with Crippen molar-refractivity contribution in [2.75, 3.05) is 10.6 Å². The van der Waals surface area contributed by atoms with Crippen LogP contribution in [0.3, 0.4) is 0 Å². The average Bonchev–Trinajstić information content (AvgIpc) is 3.15. The zero-order valence-corrected chi connectivity index (χ0v) is 18.0. The van der Waals surface area contributed by atoms with E-state index in [1.165, 1.54) is 0 Å². The Morgan fingerprint density at radius 1 is 1.23 bits per heavy atom. The van der Waals surface area contributed by atoms with Gasteiger partial charge in [-0.25, -0.2) is 4.98 Å². The van der Waals surface area contributed by atoms with Gasteiger partial charge in [0.05, 0.1) is 11.3 Å². The molecule has 4 rings (SSSR count). The first kappa shape index (κ1) is 20.7. The maximum Gasteiger partial charge on any atom is 0.227 e. The number of fused-ring (bicyclic) bond motifs is 1. The number of aromatic nitrogens is 4. The van der Waals surface area contributed by atoms with Gasteiger partial charge < -0.3 is 26.0 Å². The van der Waals surface area contributed by atoms with Crippen molar-refractivity contribution >= 4 is 34.5 Å². The van der Waals surface area contributed by atoms with Gasteiger partial charge in [0.25, 0.3) is 0 Å². The maximum atomic E-state index is 10.2. The summed E-state index contributed by atoms with van der Waals surface area (Å²) in [5, 5.41) is 17.3. The van der Waals surface area contributed by atoms with Crippen LogP contribution in [0.1, 0.15) is 51.1 Å². The Morgan fingerprint density at radius 3 is 2.73 bits per heavy atom. The second kappa shape index (κ2) is 8.65. The minimum absolute atomic E-state index is 0.0709. The highest BCUT2D eigenvalue weighted by molar-refractivity contribution is 6.32. The zero-order valence-electron chi connectivity index (χ0n) is 17.3. The number of nitrogens with one attached hydrogen (secondary N) is 2. The molecule has 1 aromatic carbocycles. The van der Waals surface area contributed by atoms with Gasteiger partial charge in [-0.2, -0.15) is 9.97 Å². The van der Waals surface area contributed by atoms with Gasteiger partial charge in [-0.05, 0) is 45.6 Å². The highest BCUT2D eigenvalue weighted by Gasteiger charge is 2.21. The number of nitrogens with zero attached hydrogens (tertiary/aromatic N) is 4. The van der Waals surface area contributed by atoms with Crippen LogP contribution in [0.15, 0.2) is 24.5 Å². The molecule has 0 atom stereocenters. The van der Waals surface area contributed by atoms with Crippen LogP contribution in [0.2, 0.25) is 5.02 Å². The van der Waals surface area contributed by atoms with E-state index in [9.17, 15) is 5.11 Å². The largest absolute Gasteiger partial charge is 0.506 e. The summed E-state index contributed by atoms with van der Waals surface area (Å²) < 4.78 is 2.03. The summed E-state index contributed by atoms with van der Waals surface area (Å²) in [4.78, 5) is 14.0. The lowest BCUT2D eigenvalue weighted by atomic mass is 9.92. The number of rotatable bonds is 6. The Kier molecular flexibility index (Phi) is 5.97. The van der Waals surface area contributed by atoms with E-state index in [1.54, 1.807) is 12.4 Å². The predicted molar refractivity (Wildman–Crippen MR) is 120 cm³/mol. The monoisotopic (exact) mass is 429 g/mol. The number of aromatic hydroxyl groups is 1. The van der Waals surface area contributed by atoms with Gasteiger partial charge >= 0.3 is 0 Å². The summed E-state index contributed by atoms with van der Waals surface area (Å²) in [5.41, 5.74) is 8.19. The Balaban J connectivity index is 1.64. The zero-order chi connectivity index (χ0) is 21.3. The Labute approximate surface area is 180 Å². The number of halogens is 1. The molecule has 160 valence electrons. The minimum Gasteiger partial charge on any atom is -0.506 e. The second-order valence-electron chi connectivity index (χ2n) is 8.17. The molecule has 0 saturated heterocycles. The number of hydrogen-bond donors (Lipinski definition) is 4. The highest BCUT2D eigenvalue weighted by Crippen LogP contribution is 2.29. The van der Waals surface area contributed by atoms with Crippen LogP contribution in [0.25, 0.3) is 11.2 Å². The normalized spacial score (nSPS) is 19.4. The first-order valence-corrected chi connectivity index (χ1v) is 10.8. The molecule has 2 heterocycles. The van der Waals surface area contributed by atoms with Crippen LogP contribution >= 0.6 is 11.6 Å². The van der Waals surface area contributed by atoms with Crippen LogP contribution in [-0.2, 0) is 6.54 Å². The fraction of sp³-hybridized carbons (Fsp3) is 0.476. The number of hydrogen-bond acceptors (Lipinski definition) is 7. The molecule has 0 unspecified atom stereocenters. The number of imidazole rings is 1. The topological polar surface area (TPSA) is 114 Å². The first-order valence-electron chi connectivity index (χ1n) is 10.4. The third kappa shape index (κ3) is 4.29. The van der Waals surface area contributed by atoms with Crippen molar-refractivity contribution in [3.63, 3.8) is 0 Å². The Bertz CT molecular complexity index is 1030. The third-order valence-corrected chi connectivity index (χ3v) is 5.90. The third-order valence-electron chi connectivity index (χ3n) is 5.60. The van der Waals surface area contributed by atoms with E-state index >= 15 is 0 Å². The predicted octanol–water partition coefficient (Wildman–Crippen LogP) is 4.06. The van der Waals surface area contributed by atoms with Crippen molar-refractivity contribution in [3.8, 4) is 5.75 Å². The minimum atomic E-state index is 0.0709. The molecule has 30 heavy (non-hydrogen) atoms. The standard InChI is InChI=1S/C21H28ClN7O/c1-12(2)29-11-25-17-19(24-10-13-4-3-5-16(22)18(13)30)27-21(28-20(17)29)26-15-8-6-14(23)7-9-15/h3-5,11-12,14-15,30H,6-10,23H2,1-2H3,(H2,24,26,27,28). The van der Waals surface area contributed by atoms with Crippen molar-refractivity contribution < 1.29 is 5.11 Å². The molecule has 2 aromatic heterocycles. The fourth-order valence-corrected chi connectivity index (χ4v) is 4.00. The van der Waals surface area contributed by atoms with E-state index < -0.39 is 0 Å². The van der Waals surface area contributed by atoms with Crippen LogP contribution in [0, 0.1) is 0 Å². The molecule has 0 amide bonds. The van der Waals surface area contributed by atoms with Gasteiger partial charge in [-0.3, -0.25) is 0 Å². The van der Waals surface area contributed by atoms with Crippen molar-refractivity contribution in [1.29, 1.82) is 0 Å². The Hall–Kier alpha value is -2.58. The summed E-state index contributed by atoms with van der Waals surface area (Å²) in [5.74, 6) is 1.26. The number of para-hydroxylation sites is 1. The highest BCUT2D eigenvalue weighted by atomic mass is 35.5. The summed E-state index contributed by atoms with van der Waals surface area (Å²) in [6, 6.07) is 6.10. The molecular weight excluding hydrogens is 402 g/mol. The van der Waals surface area contributed by atoms with E-state index in [0.717, 1.165) is 31.3 Å². The molecule has 0 radical (unpaired) electrons. The fourth-order valence-electron chi connectivity index (χ4n) is 3.81. The number of phenolic OH excluding ortho intramolecular Hbond substituents is 1. The van der Waals surface area contributed by atoms with E-state index in [1.807, 2.05) is 16.7 Å². The van der Waals surface area contributed by atoms with Gasteiger partial charge in [-0.15, -0.1) is 0 Å². The average molecular weight is 430 g/mol. The lowest BCUT2D eigenvalue weighted by molar-refractivity contribution is 0.410. The van der Waals surface area contributed by atoms with E-state index in [0.29, 0.717) is 40.5 Å². The first-order chi connectivity index (χ1) is 14.4. The lowest BCUT2D eigenvalue weighted by Gasteiger charge is -2.27. The van der Waals surface area contributed by atoms with Gasteiger partial charge in [0.2, 0.25) is 5.95 Å². The van der Waals surface area contributed by atoms with Crippen LogP contribution in [0.5, 0.6) is 5.75 Å². The summed E-state index contributed by atoms with van der Waals surface area (Å²) >= 11 is 6.03. The van der Waals surface area contributed by atoms with E-state index in [4.69, 9.17) is 27.3 Å². The van der Waals surface area contributed by atoms with Crippen molar-refractivity contribution in [3.05, 3.63) is 35.1 Å². The number of nitrogens with two attached hydrogens (primary N) is 1. The van der Waals surface area contributed by atoms with Gasteiger partial charge in [0.15, 0.2) is 17.0 Å². The number of benzene rings is 1. The van der Waals surface area contributed by atoms with Crippen molar-refractivity contribution in [2.45, 2.75) is 64.2 Å². The Morgan fingerprint density at radius 2 is 2.00 bits per heavy atom. The van der Waals surface area contributed by atoms with Gasteiger partial charge in [0.1, 0.15) is 5.75 Å². The van der Waals surface area contributed by atoms with Crippen LogP contribution < -0.4 is 16.4 Å². The van der Waals surface area contributed by atoms with E-state index in [2.05, 4.69) is 29.5 Å². The number of phenols is 1. The molecule has 0 aliphatic heterocycles. The second-order valence-corrected chi connectivity index (χ2v) is 8.58. The summed E-state index contributed by atoms with van der Waals surface area (Å²) in [6.45, 7) is 4.55. The molecule has 9 heteroatoms. The van der Waals surface area contributed by atoms with Crippen LogP contribution in [0.4, 0.5) is 11.8 Å². The maximum absolute atomic E-state index is 10.2. The molecule has 0 spiro atoms. The van der Waals surface area contributed by atoms with E-state index in [-0.39, 0.29) is 17.8 Å². The molecule has 1 aliphatic carbocycles. The molecule has 1 fully saturated rings. The lowest BCUT2D eigenvalue weighted by Crippen LogP contribution is -2.33. The molecule has 1 saturated carbocycles. The molecule has 0 bridgehead atoms. The molecular formula is C21H28ClN7O. The van der Waals surface area contributed by atoms with Gasteiger partial charge in [-0.1, -0.05) is 23.7 Å². The molecule has 1 aliphatic rings. The molecule has 3 aromatic rings. The van der Waals surface area contributed by atoms with Crippen molar-refractivity contribution in [2.24, 2.45) is 5.73 Å². The van der Waals surface area contributed by atoms with Crippen molar-refractivity contribution in [1.82, 2.24) is 19.5 Å². The molecule has 5 N–H and O–H groups in total. The van der Waals surface area contributed by atoms with Crippen LogP contribution in [-0.4, -0.2) is 36.7 Å². The van der Waals surface area contributed by atoms with Gasteiger partial charge in [0, 0.05) is 30.2 Å². The smallest absolute Gasteiger partial charge is 0.227 e. The summed E-state index contributed by atoms with van der Waals surface area (Å²) in [6.07, 6.45) is 5.80. The summed E-state index contributed by atoms with van der Waals surface area (Å²) in [7, 11) is 0.